The molecule has 0 saturated carbocycles. The molecule has 0 aliphatic heterocycles. The van der Waals surface area contributed by atoms with Crippen molar-refractivity contribution in [2.45, 2.75) is 0 Å². The van der Waals surface area contributed by atoms with Gasteiger partial charge in [-0.15, -0.1) is 12.4 Å². The van der Waals surface area contributed by atoms with Crippen LogP contribution in [0.3, 0.4) is 0 Å². The molecule has 3 nitrogen and oxygen atoms in total. The van der Waals surface area contributed by atoms with Gasteiger partial charge in [0.05, 0.1) is 5.56 Å². The van der Waals surface area contributed by atoms with E-state index < -0.39 is 5.82 Å². The van der Waals surface area contributed by atoms with E-state index in [1.165, 1.54) is 18.2 Å². The predicted molar refractivity (Wildman–Crippen MR) is 51.9 cm³/mol. The molecule has 0 unspecified atom stereocenters. The Bertz CT molecular complexity index is 313. The third-order valence-electron chi connectivity index (χ3n) is 1.25. The fourth-order valence-electron chi connectivity index (χ4n) is 0.701. The minimum absolute atomic E-state index is 0. The summed E-state index contributed by atoms with van der Waals surface area (Å²) in [6.45, 7) is 0. The van der Waals surface area contributed by atoms with E-state index in [9.17, 15) is 4.39 Å². The molecule has 3 N–H and O–H groups in total. The van der Waals surface area contributed by atoms with Crippen LogP contribution in [0.15, 0.2) is 18.2 Å². The van der Waals surface area contributed by atoms with Crippen molar-refractivity contribution in [2.24, 2.45) is 5.84 Å². The van der Waals surface area contributed by atoms with Crippen molar-refractivity contribution >= 4 is 42.0 Å². The summed E-state index contributed by atoms with van der Waals surface area (Å²) in [7, 11) is 0. The van der Waals surface area contributed by atoms with Gasteiger partial charge >= 0.3 is 0 Å². The monoisotopic (exact) mass is 307 g/mol. The van der Waals surface area contributed by atoms with Crippen LogP contribution >= 0.6 is 12.4 Å². The molecular formula is C7H7ClFN3Sn. The fourth-order valence-corrected chi connectivity index (χ4v) is 0.701. The molecule has 0 aromatic heterocycles. The molecule has 0 saturated heterocycles. The minimum Gasteiger partial charge on any atom is -0.324 e. The minimum atomic E-state index is -0.536. The third-order valence-corrected chi connectivity index (χ3v) is 1.25. The van der Waals surface area contributed by atoms with Crippen molar-refractivity contribution in [1.29, 1.82) is 5.26 Å². The Labute approximate surface area is 98.4 Å². The van der Waals surface area contributed by atoms with E-state index in [1.54, 1.807) is 6.07 Å². The number of benzene rings is 1. The molecule has 4 radical (unpaired) electrons. The van der Waals surface area contributed by atoms with E-state index in [4.69, 9.17) is 11.1 Å². The Morgan fingerprint density at radius 3 is 2.54 bits per heavy atom. The van der Waals surface area contributed by atoms with E-state index in [-0.39, 0.29) is 41.9 Å². The smallest absolute Gasteiger partial charge is 0.141 e. The summed E-state index contributed by atoms with van der Waals surface area (Å²) in [5.74, 6) is 4.51. The number of rotatable bonds is 1. The second kappa shape index (κ2) is 6.95. The molecule has 0 aliphatic rings. The molecule has 0 bridgehead atoms. The van der Waals surface area contributed by atoms with Crippen LogP contribution in [0, 0.1) is 17.1 Å². The molecule has 0 amide bonds. The summed E-state index contributed by atoms with van der Waals surface area (Å²) in [6.07, 6.45) is 0. The first-order valence-corrected chi connectivity index (χ1v) is 2.94. The van der Waals surface area contributed by atoms with Gasteiger partial charge in [-0.3, -0.25) is 5.84 Å². The molecule has 0 atom stereocenters. The molecule has 6 heteroatoms. The Hall–Kier alpha value is -0.511. The van der Waals surface area contributed by atoms with Crippen LogP contribution < -0.4 is 11.3 Å². The maximum atomic E-state index is 12.6. The first-order valence-electron chi connectivity index (χ1n) is 2.94. The third kappa shape index (κ3) is 3.80. The SMILES string of the molecule is Cl.N#Cc1cc(NN)ccc1F.[Sn]. The van der Waals surface area contributed by atoms with Gasteiger partial charge in [0.25, 0.3) is 0 Å². The van der Waals surface area contributed by atoms with Crippen molar-refractivity contribution < 1.29 is 4.39 Å². The standard InChI is InChI=1S/C7H6FN3.ClH.Sn/c8-7-2-1-6(11-10)3-5(7)4-9;;/h1-3,11H,10H2;1H;. The van der Waals surface area contributed by atoms with Gasteiger partial charge in [-0.25, -0.2) is 4.39 Å². The number of nitrogens with two attached hydrogens (primary N) is 1. The molecule has 1 aromatic carbocycles. The Kier molecular flexibility index (Phi) is 8.01. The van der Waals surface area contributed by atoms with Gasteiger partial charge in [0, 0.05) is 29.6 Å². The topological polar surface area (TPSA) is 61.8 Å². The van der Waals surface area contributed by atoms with Crippen molar-refractivity contribution in [1.82, 2.24) is 0 Å². The number of nitriles is 1. The maximum Gasteiger partial charge on any atom is 0.141 e. The van der Waals surface area contributed by atoms with Crippen LogP contribution in [-0.2, 0) is 0 Å². The number of hydrogen-bond acceptors (Lipinski definition) is 3. The number of nitrogens with one attached hydrogen (secondary N) is 1. The summed E-state index contributed by atoms with van der Waals surface area (Å²) >= 11 is 0. The van der Waals surface area contributed by atoms with Crippen molar-refractivity contribution in [2.75, 3.05) is 5.43 Å². The van der Waals surface area contributed by atoms with Gasteiger partial charge in [0.2, 0.25) is 0 Å². The van der Waals surface area contributed by atoms with Crippen LogP contribution in [0.5, 0.6) is 0 Å². The van der Waals surface area contributed by atoms with Crippen molar-refractivity contribution in [3.8, 4) is 6.07 Å². The van der Waals surface area contributed by atoms with Crippen molar-refractivity contribution in [3.05, 3.63) is 29.6 Å². The van der Waals surface area contributed by atoms with E-state index in [2.05, 4.69) is 5.43 Å². The number of anilines is 1. The molecule has 68 valence electrons. The fraction of sp³-hybridized carbons (Fsp3) is 0. The first-order chi connectivity index (χ1) is 5.27. The van der Waals surface area contributed by atoms with Gasteiger partial charge < -0.3 is 5.43 Å². The molecule has 0 heterocycles. The molecule has 0 spiro atoms. The summed E-state index contributed by atoms with van der Waals surface area (Å²) < 4.78 is 12.6. The molecule has 13 heavy (non-hydrogen) atoms. The second-order valence-corrected chi connectivity index (χ2v) is 1.95. The van der Waals surface area contributed by atoms with E-state index in [0.29, 0.717) is 5.69 Å². The number of halogens is 2. The Morgan fingerprint density at radius 2 is 2.08 bits per heavy atom. The van der Waals surface area contributed by atoms with Gasteiger partial charge in [0.15, 0.2) is 0 Å². The van der Waals surface area contributed by atoms with Crippen molar-refractivity contribution in [3.63, 3.8) is 0 Å². The predicted octanol–water partition coefficient (Wildman–Crippen LogP) is 1.02. The van der Waals surface area contributed by atoms with Gasteiger partial charge in [0.1, 0.15) is 11.9 Å². The molecule has 1 aromatic rings. The Balaban J connectivity index is 0. The summed E-state index contributed by atoms with van der Waals surface area (Å²) in [5.41, 5.74) is 2.81. The van der Waals surface area contributed by atoms with Crippen LogP contribution in [0.2, 0.25) is 0 Å². The van der Waals surface area contributed by atoms with Gasteiger partial charge in [-0.2, -0.15) is 5.26 Å². The van der Waals surface area contributed by atoms with Crippen LogP contribution in [0.4, 0.5) is 10.1 Å². The maximum absolute atomic E-state index is 12.6. The zero-order valence-corrected chi connectivity index (χ0v) is 10.2. The zero-order chi connectivity index (χ0) is 8.27. The average Bonchev–Trinajstić information content (AvgIpc) is 2.05. The van der Waals surface area contributed by atoms with Crippen LogP contribution in [-0.4, -0.2) is 23.9 Å². The molecule has 0 fully saturated rings. The zero-order valence-electron chi connectivity index (χ0n) is 6.54. The average molecular weight is 306 g/mol. The van der Waals surface area contributed by atoms with E-state index in [0.717, 1.165) is 0 Å². The number of nitrogen functional groups attached to an aromatic ring is 1. The van der Waals surface area contributed by atoms with Crippen LogP contribution in [0.1, 0.15) is 5.56 Å². The quantitative estimate of drug-likeness (QED) is 0.463. The summed E-state index contributed by atoms with van der Waals surface area (Å²) in [6, 6.07) is 5.68. The molecular weight excluding hydrogens is 299 g/mol. The summed E-state index contributed by atoms with van der Waals surface area (Å²) in [4.78, 5) is 0. The largest absolute Gasteiger partial charge is 0.324 e. The number of hydrogen-bond donors (Lipinski definition) is 2. The molecule has 0 aliphatic carbocycles. The normalized spacial score (nSPS) is 7.46. The first kappa shape index (κ1) is 15.0. The second-order valence-electron chi connectivity index (χ2n) is 1.95. The van der Waals surface area contributed by atoms with Crippen LogP contribution in [0.25, 0.3) is 0 Å². The number of nitrogens with zero attached hydrogens (tertiary/aromatic N) is 1. The van der Waals surface area contributed by atoms with Gasteiger partial charge in [-0.05, 0) is 18.2 Å². The van der Waals surface area contributed by atoms with Gasteiger partial charge in [-0.1, -0.05) is 0 Å². The Morgan fingerprint density at radius 1 is 1.46 bits per heavy atom. The van der Waals surface area contributed by atoms with E-state index >= 15 is 0 Å². The van der Waals surface area contributed by atoms with E-state index in [1.807, 2.05) is 0 Å². The summed E-state index contributed by atoms with van der Waals surface area (Å²) in [5, 5.41) is 8.38. The molecule has 1 rings (SSSR count). The number of hydrazine groups is 1.